The summed E-state index contributed by atoms with van der Waals surface area (Å²) >= 11 is 0. The smallest absolute Gasteiger partial charge is 0.387 e. The molecule has 162 valence electrons. The van der Waals surface area contributed by atoms with E-state index in [1.54, 1.807) is 43.5 Å². The number of methoxy groups -OCH3 is 2. The van der Waals surface area contributed by atoms with Gasteiger partial charge >= 0.3 is 6.61 Å². The van der Waals surface area contributed by atoms with E-state index in [1.165, 1.54) is 13.2 Å². The van der Waals surface area contributed by atoms with Crippen molar-refractivity contribution in [2.45, 2.75) is 32.3 Å². The molecule has 1 amide bonds. The monoisotopic (exact) mass is 421 g/mol. The summed E-state index contributed by atoms with van der Waals surface area (Å²) in [5.74, 6) is 0.638. The largest absolute Gasteiger partial charge is 0.497 e. The van der Waals surface area contributed by atoms with Crippen LogP contribution in [0.4, 0.5) is 8.78 Å². The predicted molar refractivity (Wildman–Crippen MR) is 108 cm³/mol. The third kappa shape index (κ3) is 7.35. The van der Waals surface area contributed by atoms with Gasteiger partial charge in [0, 0.05) is 24.9 Å². The molecule has 2 rings (SSSR count). The van der Waals surface area contributed by atoms with Crippen LogP contribution >= 0.6 is 0 Å². The molecule has 0 aliphatic carbocycles. The molecule has 8 heteroatoms. The molecule has 0 aliphatic rings. The Bertz CT molecular complexity index is 840. The maximum Gasteiger partial charge on any atom is 0.387 e. The fraction of sp³-hybridized carbons (Fsp3) is 0.364. The van der Waals surface area contributed by atoms with E-state index < -0.39 is 6.61 Å². The van der Waals surface area contributed by atoms with Gasteiger partial charge in [-0.25, -0.2) is 0 Å². The Kier molecular flexibility index (Phi) is 9.05. The van der Waals surface area contributed by atoms with Crippen LogP contribution in [-0.2, 0) is 11.2 Å². The number of Topliss-reactive ketones (excluding diaryl/α,β-unsaturated/α-hetero) is 1. The van der Waals surface area contributed by atoms with Crippen molar-refractivity contribution in [1.82, 2.24) is 5.32 Å². The molecule has 0 aliphatic heterocycles. The summed E-state index contributed by atoms with van der Waals surface area (Å²) in [6.07, 6.45) is 1.38. The molecule has 0 radical (unpaired) electrons. The van der Waals surface area contributed by atoms with Crippen molar-refractivity contribution in [1.29, 1.82) is 0 Å². The SMILES string of the molecule is COc1ccc(C(=O)CCCC(=O)NCCc2ccc(OC)c(OC(F)F)c2)cc1. The highest BCUT2D eigenvalue weighted by molar-refractivity contribution is 5.96. The first kappa shape index (κ1) is 23.1. The van der Waals surface area contributed by atoms with Gasteiger partial charge in [-0.1, -0.05) is 6.07 Å². The number of amides is 1. The third-order valence-corrected chi connectivity index (χ3v) is 4.40. The van der Waals surface area contributed by atoms with Crippen LogP contribution in [0.3, 0.4) is 0 Å². The molecule has 0 fully saturated rings. The van der Waals surface area contributed by atoms with Gasteiger partial charge in [-0.05, 0) is 54.8 Å². The first-order valence-corrected chi connectivity index (χ1v) is 9.48. The number of alkyl halides is 2. The molecule has 0 atom stereocenters. The molecular formula is C22H25F2NO5. The lowest BCUT2D eigenvalue weighted by Gasteiger charge is -2.12. The summed E-state index contributed by atoms with van der Waals surface area (Å²) in [5.41, 5.74) is 1.30. The molecule has 1 N–H and O–H groups in total. The Morgan fingerprint density at radius 1 is 0.967 bits per heavy atom. The van der Waals surface area contributed by atoms with Gasteiger partial charge in [0.1, 0.15) is 5.75 Å². The zero-order valence-corrected chi connectivity index (χ0v) is 17.0. The zero-order valence-electron chi connectivity index (χ0n) is 17.0. The minimum atomic E-state index is -2.95. The van der Waals surface area contributed by atoms with Crippen molar-refractivity contribution in [3.05, 3.63) is 53.6 Å². The first-order valence-electron chi connectivity index (χ1n) is 9.48. The van der Waals surface area contributed by atoms with E-state index in [9.17, 15) is 18.4 Å². The Labute approximate surface area is 174 Å². The molecule has 0 saturated carbocycles. The second-order valence-electron chi connectivity index (χ2n) is 6.47. The number of nitrogens with one attached hydrogen (secondary N) is 1. The van der Waals surface area contributed by atoms with E-state index in [4.69, 9.17) is 9.47 Å². The highest BCUT2D eigenvalue weighted by Crippen LogP contribution is 2.29. The van der Waals surface area contributed by atoms with Gasteiger partial charge in [0.2, 0.25) is 5.91 Å². The minimum Gasteiger partial charge on any atom is -0.497 e. The number of benzene rings is 2. The molecule has 0 aromatic heterocycles. The average Bonchev–Trinajstić information content (AvgIpc) is 2.73. The molecule has 0 saturated heterocycles. The van der Waals surface area contributed by atoms with Gasteiger partial charge < -0.3 is 19.5 Å². The first-order chi connectivity index (χ1) is 14.4. The Morgan fingerprint density at radius 3 is 2.33 bits per heavy atom. The molecule has 0 heterocycles. The van der Waals surface area contributed by atoms with Crippen LogP contribution in [0.25, 0.3) is 0 Å². The van der Waals surface area contributed by atoms with E-state index in [0.29, 0.717) is 30.7 Å². The normalized spacial score (nSPS) is 10.6. The summed E-state index contributed by atoms with van der Waals surface area (Å²) in [7, 11) is 2.92. The zero-order chi connectivity index (χ0) is 21.9. The lowest BCUT2D eigenvalue weighted by Crippen LogP contribution is -2.25. The highest BCUT2D eigenvalue weighted by atomic mass is 19.3. The number of hydrogen-bond acceptors (Lipinski definition) is 5. The second-order valence-corrected chi connectivity index (χ2v) is 6.47. The quantitative estimate of drug-likeness (QED) is 0.524. The highest BCUT2D eigenvalue weighted by Gasteiger charge is 2.12. The summed E-state index contributed by atoms with van der Waals surface area (Å²) in [6, 6.07) is 11.6. The molecular weight excluding hydrogens is 396 g/mol. The van der Waals surface area contributed by atoms with E-state index in [0.717, 1.165) is 5.56 Å². The fourth-order valence-corrected chi connectivity index (χ4v) is 2.83. The summed E-state index contributed by atoms with van der Waals surface area (Å²) in [4.78, 5) is 24.1. The number of ether oxygens (including phenoxy) is 3. The average molecular weight is 421 g/mol. The number of hydrogen-bond donors (Lipinski definition) is 1. The summed E-state index contributed by atoms with van der Waals surface area (Å²) in [5, 5.41) is 2.76. The number of halogens is 2. The van der Waals surface area contributed by atoms with Crippen molar-refractivity contribution in [3.63, 3.8) is 0 Å². The van der Waals surface area contributed by atoms with Crippen LogP contribution < -0.4 is 19.5 Å². The van der Waals surface area contributed by atoms with Crippen LogP contribution in [0, 0.1) is 0 Å². The Balaban J connectivity index is 1.72. The van der Waals surface area contributed by atoms with Gasteiger partial charge in [0.25, 0.3) is 0 Å². The van der Waals surface area contributed by atoms with Crippen LogP contribution in [0.5, 0.6) is 17.2 Å². The topological polar surface area (TPSA) is 73.9 Å². The Morgan fingerprint density at radius 2 is 1.70 bits per heavy atom. The van der Waals surface area contributed by atoms with E-state index in [-0.39, 0.29) is 36.0 Å². The predicted octanol–water partition coefficient (Wildman–Crippen LogP) is 4.02. The van der Waals surface area contributed by atoms with Crippen molar-refractivity contribution < 1.29 is 32.6 Å². The van der Waals surface area contributed by atoms with Crippen molar-refractivity contribution in [2.75, 3.05) is 20.8 Å². The number of rotatable bonds is 12. The summed E-state index contributed by atoms with van der Waals surface area (Å²) < 4.78 is 39.4. The van der Waals surface area contributed by atoms with E-state index in [1.807, 2.05) is 0 Å². The van der Waals surface area contributed by atoms with Crippen LogP contribution in [0.2, 0.25) is 0 Å². The van der Waals surface area contributed by atoms with Crippen LogP contribution in [0.1, 0.15) is 35.2 Å². The van der Waals surface area contributed by atoms with Gasteiger partial charge in [-0.15, -0.1) is 0 Å². The number of ketones is 1. The summed E-state index contributed by atoms with van der Waals surface area (Å²) in [6.45, 7) is -2.61. The minimum absolute atomic E-state index is 0.0322. The third-order valence-electron chi connectivity index (χ3n) is 4.40. The number of carbonyl (C=O) groups is 2. The maximum absolute atomic E-state index is 12.5. The molecule has 6 nitrogen and oxygen atoms in total. The lowest BCUT2D eigenvalue weighted by molar-refractivity contribution is -0.121. The second kappa shape index (κ2) is 11.7. The number of carbonyl (C=O) groups excluding carboxylic acids is 2. The van der Waals surface area contributed by atoms with E-state index >= 15 is 0 Å². The standard InChI is InChI=1S/C22H25F2NO5/c1-28-17-9-7-16(8-10-17)18(26)4-3-5-21(27)25-13-12-15-6-11-19(29-2)20(14-15)30-22(23)24/h6-11,14,22H,3-5,12-13H2,1-2H3,(H,25,27). The van der Waals surface area contributed by atoms with Crippen molar-refractivity contribution >= 4 is 11.7 Å². The van der Waals surface area contributed by atoms with Crippen molar-refractivity contribution in [3.8, 4) is 17.2 Å². The van der Waals surface area contributed by atoms with Crippen LogP contribution in [-0.4, -0.2) is 39.1 Å². The maximum atomic E-state index is 12.5. The molecule has 2 aromatic carbocycles. The molecule has 0 bridgehead atoms. The van der Waals surface area contributed by atoms with Gasteiger partial charge in [-0.2, -0.15) is 8.78 Å². The van der Waals surface area contributed by atoms with Gasteiger partial charge in [0.15, 0.2) is 17.3 Å². The van der Waals surface area contributed by atoms with Crippen molar-refractivity contribution in [2.24, 2.45) is 0 Å². The van der Waals surface area contributed by atoms with E-state index in [2.05, 4.69) is 10.1 Å². The molecule has 0 unspecified atom stereocenters. The van der Waals surface area contributed by atoms with Gasteiger partial charge in [0.05, 0.1) is 14.2 Å². The Hall–Kier alpha value is -3.16. The van der Waals surface area contributed by atoms with Gasteiger partial charge in [-0.3, -0.25) is 9.59 Å². The fourth-order valence-electron chi connectivity index (χ4n) is 2.83. The molecule has 2 aromatic rings. The lowest BCUT2D eigenvalue weighted by atomic mass is 10.1. The van der Waals surface area contributed by atoms with Crippen LogP contribution in [0.15, 0.2) is 42.5 Å². The molecule has 0 spiro atoms. The molecule has 30 heavy (non-hydrogen) atoms.